The summed E-state index contributed by atoms with van der Waals surface area (Å²) in [6.07, 6.45) is 11.0. The number of hydrogen-bond donors (Lipinski definition) is 1. The minimum absolute atomic E-state index is 0.261. The molecule has 0 fully saturated rings. The van der Waals surface area contributed by atoms with Gasteiger partial charge in [0.05, 0.1) is 0 Å². The Hall–Kier alpha value is -1.71. The van der Waals surface area contributed by atoms with Crippen LogP contribution in [-0.4, -0.2) is 11.1 Å². The largest absolute Gasteiger partial charge is 0.481 e. The molecular weight excluding hydrogens is 274 g/mol. The fraction of sp³-hybridized carbons (Fsp3) is 0.471. The first-order valence-electron chi connectivity index (χ1n) is 7.43. The van der Waals surface area contributed by atoms with E-state index >= 15 is 0 Å². The summed E-state index contributed by atoms with van der Waals surface area (Å²) in [5.74, 6) is -2.37. The highest BCUT2D eigenvalue weighted by Gasteiger charge is 1.99. The third-order valence-electron chi connectivity index (χ3n) is 3.27. The highest BCUT2D eigenvalue weighted by Crippen LogP contribution is 2.12. The van der Waals surface area contributed by atoms with E-state index in [2.05, 4.69) is 0 Å². The van der Waals surface area contributed by atoms with Gasteiger partial charge < -0.3 is 5.11 Å². The summed E-state index contributed by atoms with van der Waals surface area (Å²) >= 11 is 0. The predicted octanol–water partition coefficient (Wildman–Crippen LogP) is 5.18. The number of unbranched alkanes of at least 4 members (excludes halogenated alkanes) is 6. The van der Waals surface area contributed by atoms with Gasteiger partial charge >= 0.3 is 5.97 Å². The Kier molecular flexibility index (Phi) is 8.32. The average molecular weight is 296 g/mol. The first-order chi connectivity index (χ1) is 10.1. The Labute approximate surface area is 124 Å². The first-order valence-corrected chi connectivity index (χ1v) is 7.43. The summed E-state index contributed by atoms with van der Waals surface area (Å²) in [4.78, 5) is 10.3. The van der Waals surface area contributed by atoms with E-state index in [9.17, 15) is 13.6 Å². The summed E-state index contributed by atoms with van der Waals surface area (Å²) < 4.78 is 25.7. The molecule has 0 radical (unpaired) electrons. The molecule has 21 heavy (non-hydrogen) atoms. The number of halogens is 2. The van der Waals surface area contributed by atoms with Crippen LogP contribution in [-0.2, 0) is 4.79 Å². The first kappa shape index (κ1) is 17.3. The maximum Gasteiger partial charge on any atom is 0.303 e. The van der Waals surface area contributed by atoms with E-state index in [1.165, 1.54) is 6.07 Å². The standard InChI is InChI=1S/C17H22F2O2/c18-15-12-11-14(13-16(15)19)9-7-5-3-1-2-4-6-8-10-17(20)21/h7,9,11-13H,1-6,8,10H2,(H,20,21)/b9-7-. The quantitative estimate of drug-likeness (QED) is 0.604. The minimum Gasteiger partial charge on any atom is -0.481 e. The Balaban J connectivity index is 2.04. The van der Waals surface area contributed by atoms with Crippen LogP contribution in [0.25, 0.3) is 6.08 Å². The van der Waals surface area contributed by atoms with Gasteiger partial charge in [0.25, 0.3) is 0 Å². The van der Waals surface area contributed by atoms with Crippen molar-refractivity contribution in [3.05, 3.63) is 41.5 Å². The second-order valence-corrected chi connectivity index (χ2v) is 5.13. The molecule has 0 spiro atoms. The molecule has 4 heteroatoms. The lowest BCUT2D eigenvalue weighted by Gasteiger charge is -1.99. The molecular formula is C17H22F2O2. The van der Waals surface area contributed by atoms with Crippen molar-refractivity contribution in [2.75, 3.05) is 0 Å². The van der Waals surface area contributed by atoms with E-state index in [0.29, 0.717) is 5.56 Å². The normalized spacial score (nSPS) is 11.1. The fourth-order valence-corrected chi connectivity index (χ4v) is 2.08. The van der Waals surface area contributed by atoms with Gasteiger partial charge in [-0.05, 0) is 37.0 Å². The number of allylic oxidation sites excluding steroid dienone is 1. The summed E-state index contributed by atoms with van der Waals surface area (Å²) in [5, 5.41) is 8.49. The number of carbonyl (C=O) groups is 1. The van der Waals surface area contributed by atoms with Gasteiger partial charge in [0.1, 0.15) is 0 Å². The lowest BCUT2D eigenvalue weighted by Crippen LogP contribution is -1.93. The number of hydrogen-bond acceptors (Lipinski definition) is 1. The van der Waals surface area contributed by atoms with Gasteiger partial charge in [0.2, 0.25) is 0 Å². The van der Waals surface area contributed by atoms with Gasteiger partial charge in [-0.15, -0.1) is 0 Å². The van der Waals surface area contributed by atoms with Crippen LogP contribution < -0.4 is 0 Å². The van der Waals surface area contributed by atoms with Gasteiger partial charge in [0, 0.05) is 6.42 Å². The predicted molar refractivity (Wildman–Crippen MR) is 80.0 cm³/mol. The van der Waals surface area contributed by atoms with E-state index in [1.54, 1.807) is 12.1 Å². The van der Waals surface area contributed by atoms with Gasteiger partial charge in [-0.3, -0.25) is 4.79 Å². The molecule has 1 N–H and O–H groups in total. The Bertz CT molecular complexity index is 470. The molecule has 0 saturated heterocycles. The molecule has 1 aromatic rings. The lowest BCUT2D eigenvalue weighted by atomic mass is 10.1. The molecule has 0 aliphatic rings. The van der Waals surface area contributed by atoms with Crippen molar-refractivity contribution in [2.24, 2.45) is 0 Å². The topological polar surface area (TPSA) is 37.3 Å². The van der Waals surface area contributed by atoms with Crippen molar-refractivity contribution in [3.8, 4) is 0 Å². The summed E-state index contributed by atoms with van der Waals surface area (Å²) in [7, 11) is 0. The zero-order chi connectivity index (χ0) is 15.5. The minimum atomic E-state index is -0.824. The maximum absolute atomic E-state index is 13.0. The van der Waals surface area contributed by atoms with Crippen LogP contribution in [0.4, 0.5) is 8.78 Å². The zero-order valence-corrected chi connectivity index (χ0v) is 12.2. The fourth-order valence-electron chi connectivity index (χ4n) is 2.08. The molecule has 116 valence electrons. The van der Waals surface area contributed by atoms with Gasteiger partial charge in [-0.1, -0.05) is 43.9 Å². The number of carboxylic acids is 1. The highest BCUT2D eigenvalue weighted by atomic mass is 19.2. The molecule has 0 aromatic heterocycles. The van der Waals surface area contributed by atoms with E-state index in [4.69, 9.17) is 5.11 Å². The summed E-state index contributed by atoms with van der Waals surface area (Å²) in [6, 6.07) is 3.87. The van der Waals surface area contributed by atoms with Crippen molar-refractivity contribution in [1.82, 2.24) is 0 Å². The molecule has 0 aliphatic carbocycles. The zero-order valence-electron chi connectivity index (χ0n) is 12.2. The molecule has 1 aromatic carbocycles. The van der Waals surface area contributed by atoms with Crippen molar-refractivity contribution < 1.29 is 18.7 Å². The molecule has 1 rings (SSSR count). The molecule has 0 saturated carbocycles. The molecule has 0 atom stereocenters. The number of carboxylic acid groups (broad SMARTS) is 1. The third kappa shape index (κ3) is 8.23. The van der Waals surface area contributed by atoms with Crippen molar-refractivity contribution >= 4 is 12.0 Å². The molecule has 0 heterocycles. The number of aliphatic carboxylic acids is 1. The highest BCUT2D eigenvalue weighted by molar-refractivity contribution is 5.66. The average Bonchev–Trinajstić information content (AvgIpc) is 2.44. The van der Waals surface area contributed by atoms with E-state index in [1.807, 2.05) is 6.08 Å². The summed E-state index contributed by atoms with van der Waals surface area (Å²) in [6.45, 7) is 0. The number of rotatable bonds is 10. The van der Waals surface area contributed by atoms with Crippen molar-refractivity contribution in [2.45, 2.75) is 51.4 Å². The van der Waals surface area contributed by atoms with E-state index in [0.717, 1.165) is 51.0 Å². The number of benzene rings is 1. The molecule has 0 aliphatic heterocycles. The van der Waals surface area contributed by atoms with Crippen LogP contribution in [0.5, 0.6) is 0 Å². The van der Waals surface area contributed by atoms with Crippen molar-refractivity contribution in [3.63, 3.8) is 0 Å². The monoisotopic (exact) mass is 296 g/mol. The molecule has 0 unspecified atom stereocenters. The molecule has 2 nitrogen and oxygen atoms in total. The van der Waals surface area contributed by atoms with Crippen LogP contribution in [0.3, 0.4) is 0 Å². The van der Waals surface area contributed by atoms with E-state index < -0.39 is 17.6 Å². The van der Waals surface area contributed by atoms with Crippen LogP contribution in [0.1, 0.15) is 56.9 Å². The van der Waals surface area contributed by atoms with Crippen LogP contribution >= 0.6 is 0 Å². The summed E-state index contributed by atoms with van der Waals surface area (Å²) in [5.41, 5.74) is 0.669. The van der Waals surface area contributed by atoms with Crippen LogP contribution in [0.15, 0.2) is 24.3 Å². The van der Waals surface area contributed by atoms with Crippen molar-refractivity contribution in [1.29, 1.82) is 0 Å². The second kappa shape index (κ2) is 10.1. The molecule has 0 amide bonds. The third-order valence-corrected chi connectivity index (χ3v) is 3.27. The van der Waals surface area contributed by atoms with Crippen LogP contribution in [0, 0.1) is 11.6 Å². The Morgan fingerprint density at radius 3 is 2.33 bits per heavy atom. The maximum atomic E-state index is 13.0. The SMILES string of the molecule is O=C(O)CCCCCCCC/C=C\c1ccc(F)c(F)c1. The Morgan fingerprint density at radius 2 is 1.67 bits per heavy atom. The second-order valence-electron chi connectivity index (χ2n) is 5.13. The Morgan fingerprint density at radius 1 is 1.00 bits per heavy atom. The van der Waals surface area contributed by atoms with Gasteiger partial charge in [-0.2, -0.15) is 0 Å². The smallest absolute Gasteiger partial charge is 0.303 e. The van der Waals surface area contributed by atoms with Gasteiger partial charge in [0.15, 0.2) is 11.6 Å². The van der Waals surface area contributed by atoms with E-state index in [-0.39, 0.29) is 6.42 Å². The molecule has 0 bridgehead atoms. The van der Waals surface area contributed by atoms with Crippen LogP contribution in [0.2, 0.25) is 0 Å². The van der Waals surface area contributed by atoms with Gasteiger partial charge in [-0.25, -0.2) is 8.78 Å². The lowest BCUT2D eigenvalue weighted by molar-refractivity contribution is -0.137.